The van der Waals surface area contributed by atoms with E-state index in [0.717, 1.165) is 38.9 Å². The Bertz CT molecular complexity index is 366. The van der Waals surface area contributed by atoms with Crippen molar-refractivity contribution in [3.8, 4) is 0 Å². The summed E-state index contributed by atoms with van der Waals surface area (Å²) in [5.74, 6) is 1.93. The van der Waals surface area contributed by atoms with Crippen molar-refractivity contribution in [2.45, 2.75) is 85.2 Å². The van der Waals surface area contributed by atoms with Crippen LogP contribution in [0, 0.1) is 23.7 Å². The van der Waals surface area contributed by atoms with Gasteiger partial charge in [-0.1, -0.05) is 41.5 Å². The fourth-order valence-corrected chi connectivity index (χ4v) is 5.89. The van der Waals surface area contributed by atoms with Crippen molar-refractivity contribution in [1.29, 1.82) is 0 Å². The average Bonchev–Trinajstić information content (AvgIpc) is 2.59. The van der Waals surface area contributed by atoms with Crippen molar-refractivity contribution in [3.63, 3.8) is 0 Å². The van der Waals surface area contributed by atoms with Crippen LogP contribution in [0.3, 0.4) is 0 Å². The summed E-state index contributed by atoms with van der Waals surface area (Å²) in [4.78, 5) is 0. The van der Waals surface area contributed by atoms with Gasteiger partial charge >= 0.3 is 9.28 Å². The molecule has 6 heteroatoms. The molecule has 0 bridgehead atoms. The zero-order valence-corrected chi connectivity index (χ0v) is 19.8. The lowest BCUT2D eigenvalue weighted by atomic mass is 9.83. The van der Waals surface area contributed by atoms with E-state index in [1.165, 1.54) is 0 Å². The van der Waals surface area contributed by atoms with Gasteiger partial charge in [0.2, 0.25) is 0 Å². The van der Waals surface area contributed by atoms with E-state index in [1.54, 1.807) is 7.11 Å². The van der Waals surface area contributed by atoms with Crippen LogP contribution in [0.2, 0.25) is 0 Å². The van der Waals surface area contributed by atoms with E-state index in [1.807, 2.05) is 0 Å². The van der Waals surface area contributed by atoms with Gasteiger partial charge in [0.25, 0.3) is 0 Å². The molecule has 1 N–H and O–H groups in total. The van der Waals surface area contributed by atoms with Gasteiger partial charge in [0.1, 0.15) is 0 Å². The Labute approximate surface area is 169 Å². The van der Waals surface area contributed by atoms with Crippen molar-refractivity contribution in [3.05, 3.63) is 0 Å². The zero-order chi connectivity index (χ0) is 20.4. The first kappa shape index (κ1) is 25.1. The number of methoxy groups -OCH3 is 1. The van der Waals surface area contributed by atoms with Crippen LogP contribution < -0.4 is 0 Å². The molecule has 0 aromatic rings. The predicted molar refractivity (Wildman–Crippen MR) is 112 cm³/mol. The highest BCUT2D eigenvalue weighted by molar-refractivity contribution is 6.46. The lowest BCUT2D eigenvalue weighted by Crippen LogP contribution is -2.44. The Hall–Kier alpha value is 0.0169. The SMILES string of the molecule is COC(CC1CCC(O)C(OCC(C)C)C1)[SiH](OCC(C)C)OCC(C)C. The van der Waals surface area contributed by atoms with Crippen LogP contribution in [0.5, 0.6) is 0 Å². The Morgan fingerprint density at radius 3 is 1.93 bits per heavy atom. The van der Waals surface area contributed by atoms with Crippen molar-refractivity contribution in [1.82, 2.24) is 0 Å². The van der Waals surface area contributed by atoms with E-state index in [-0.39, 0.29) is 17.9 Å². The highest BCUT2D eigenvalue weighted by Crippen LogP contribution is 2.31. The summed E-state index contributed by atoms with van der Waals surface area (Å²) in [6, 6.07) is 0. The van der Waals surface area contributed by atoms with E-state index in [4.69, 9.17) is 18.3 Å². The van der Waals surface area contributed by atoms with Crippen molar-refractivity contribution < 1.29 is 23.4 Å². The number of hydrogen-bond donors (Lipinski definition) is 1. The normalized spacial score (nSPS) is 25.1. The quantitative estimate of drug-likeness (QED) is 0.474. The Balaban J connectivity index is 2.64. The van der Waals surface area contributed by atoms with Crippen LogP contribution in [0.4, 0.5) is 0 Å². The van der Waals surface area contributed by atoms with Crippen LogP contribution in [0.15, 0.2) is 0 Å². The molecule has 0 saturated heterocycles. The second-order valence-electron chi connectivity index (χ2n) is 9.34. The van der Waals surface area contributed by atoms with Gasteiger partial charge in [-0.05, 0) is 49.4 Å². The smallest absolute Gasteiger partial charge is 0.351 e. The average molecular weight is 405 g/mol. The van der Waals surface area contributed by atoms with Crippen LogP contribution >= 0.6 is 0 Å². The molecule has 0 aromatic carbocycles. The molecule has 4 unspecified atom stereocenters. The molecule has 0 radical (unpaired) electrons. The van der Waals surface area contributed by atoms with E-state index in [2.05, 4.69) is 41.5 Å². The van der Waals surface area contributed by atoms with Gasteiger partial charge in [-0.3, -0.25) is 0 Å². The van der Waals surface area contributed by atoms with Crippen LogP contribution in [-0.4, -0.2) is 59.3 Å². The number of aliphatic hydroxyl groups excluding tert-OH is 1. The highest BCUT2D eigenvalue weighted by Gasteiger charge is 2.35. The third kappa shape index (κ3) is 10.4. The third-order valence-electron chi connectivity index (χ3n) is 4.87. The highest BCUT2D eigenvalue weighted by atomic mass is 28.3. The minimum atomic E-state index is -1.93. The molecule has 1 aliphatic rings. The first-order valence-electron chi connectivity index (χ1n) is 10.8. The molecule has 0 amide bonds. The molecule has 162 valence electrons. The van der Waals surface area contributed by atoms with E-state index in [9.17, 15) is 5.11 Å². The lowest BCUT2D eigenvalue weighted by molar-refractivity contribution is -0.0820. The summed E-state index contributed by atoms with van der Waals surface area (Å²) in [6.45, 7) is 15.1. The standard InChI is InChI=1S/C21H44O5Si/c1-15(2)12-24-20-10-18(8-9-19(20)22)11-21(23-7)27(25-13-16(3)4)26-14-17(5)6/h15-22,27H,8-14H2,1-7H3. The van der Waals surface area contributed by atoms with E-state index >= 15 is 0 Å². The van der Waals surface area contributed by atoms with Crippen molar-refractivity contribution in [2.75, 3.05) is 26.9 Å². The number of ether oxygens (including phenoxy) is 2. The summed E-state index contributed by atoms with van der Waals surface area (Å²) in [5.41, 5.74) is 0.0356. The molecule has 0 aliphatic heterocycles. The summed E-state index contributed by atoms with van der Waals surface area (Å²) < 4.78 is 24.2. The summed E-state index contributed by atoms with van der Waals surface area (Å²) in [6.07, 6.45) is 3.23. The van der Waals surface area contributed by atoms with Crippen LogP contribution in [0.25, 0.3) is 0 Å². The van der Waals surface area contributed by atoms with Gasteiger partial charge in [-0.15, -0.1) is 0 Å². The van der Waals surface area contributed by atoms with E-state index in [0.29, 0.717) is 30.3 Å². The van der Waals surface area contributed by atoms with Gasteiger partial charge in [0.15, 0.2) is 0 Å². The summed E-state index contributed by atoms with van der Waals surface area (Å²) in [7, 11) is -0.156. The Kier molecular flexibility index (Phi) is 12.3. The monoisotopic (exact) mass is 404 g/mol. The zero-order valence-electron chi connectivity index (χ0n) is 18.6. The fraction of sp³-hybridized carbons (Fsp3) is 1.00. The molecule has 0 spiro atoms. The molecule has 1 aliphatic carbocycles. The molecule has 1 fully saturated rings. The topological polar surface area (TPSA) is 57.2 Å². The van der Waals surface area contributed by atoms with E-state index < -0.39 is 9.28 Å². The largest absolute Gasteiger partial charge is 0.395 e. The Morgan fingerprint density at radius 2 is 1.44 bits per heavy atom. The summed E-state index contributed by atoms with van der Waals surface area (Å²) >= 11 is 0. The first-order chi connectivity index (χ1) is 12.7. The van der Waals surface area contributed by atoms with Gasteiger partial charge < -0.3 is 23.4 Å². The maximum atomic E-state index is 10.3. The van der Waals surface area contributed by atoms with Crippen molar-refractivity contribution in [2.24, 2.45) is 23.7 Å². The fourth-order valence-electron chi connectivity index (χ4n) is 3.39. The minimum absolute atomic E-state index is 0.0356. The lowest BCUT2D eigenvalue weighted by Gasteiger charge is -2.36. The second-order valence-corrected chi connectivity index (χ2v) is 11.5. The van der Waals surface area contributed by atoms with Gasteiger partial charge in [-0.2, -0.15) is 0 Å². The van der Waals surface area contributed by atoms with Gasteiger partial charge in [0.05, 0.1) is 17.9 Å². The maximum absolute atomic E-state index is 10.3. The molecule has 27 heavy (non-hydrogen) atoms. The first-order valence-corrected chi connectivity index (χ1v) is 12.4. The molecule has 0 aromatic heterocycles. The predicted octanol–water partition coefficient (Wildman–Crippen LogP) is 3.70. The molecule has 1 saturated carbocycles. The van der Waals surface area contributed by atoms with Gasteiger partial charge in [-0.25, -0.2) is 0 Å². The molecular weight excluding hydrogens is 360 g/mol. The number of hydrogen-bond acceptors (Lipinski definition) is 5. The molecule has 1 rings (SSSR count). The van der Waals surface area contributed by atoms with Crippen molar-refractivity contribution >= 4 is 9.28 Å². The minimum Gasteiger partial charge on any atom is -0.395 e. The molecule has 4 atom stereocenters. The van der Waals surface area contributed by atoms with Crippen LogP contribution in [0.1, 0.15) is 67.2 Å². The Morgan fingerprint density at radius 1 is 0.889 bits per heavy atom. The molecular formula is C21H44O5Si. The number of aliphatic hydroxyl groups is 1. The maximum Gasteiger partial charge on any atom is 0.351 e. The summed E-state index contributed by atoms with van der Waals surface area (Å²) in [5, 5.41) is 10.3. The molecule has 5 nitrogen and oxygen atoms in total. The molecule has 0 heterocycles. The number of rotatable bonds is 13. The van der Waals surface area contributed by atoms with Crippen LogP contribution in [-0.2, 0) is 18.3 Å². The second kappa shape index (κ2) is 13.3. The third-order valence-corrected chi connectivity index (χ3v) is 7.06. The van der Waals surface area contributed by atoms with Gasteiger partial charge in [0, 0.05) is 26.9 Å².